The molecule has 1 rings (SSSR count). The number of aryl methyl sites for hydroxylation is 1. The van der Waals surface area contributed by atoms with Gasteiger partial charge in [0, 0.05) is 13.1 Å². The van der Waals surface area contributed by atoms with E-state index in [1.165, 1.54) is 18.5 Å². The molecule has 98 valence electrons. The van der Waals surface area contributed by atoms with Gasteiger partial charge in [-0.25, -0.2) is 4.98 Å². The van der Waals surface area contributed by atoms with Crippen molar-refractivity contribution in [1.82, 2.24) is 9.55 Å². The molecule has 0 radical (unpaired) electrons. The first-order valence-electron chi connectivity index (χ1n) is 5.19. The Morgan fingerprint density at radius 2 is 2.06 bits per heavy atom. The lowest BCUT2D eigenvalue weighted by atomic mass is 9.89. The van der Waals surface area contributed by atoms with E-state index >= 15 is 0 Å². The zero-order valence-electron chi connectivity index (χ0n) is 9.91. The molecule has 2 atom stereocenters. The van der Waals surface area contributed by atoms with Crippen molar-refractivity contribution in [3.8, 4) is 0 Å². The van der Waals surface area contributed by atoms with Gasteiger partial charge in [-0.05, 0) is 13.3 Å². The molecule has 7 heteroatoms. The van der Waals surface area contributed by atoms with Gasteiger partial charge < -0.3 is 15.4 Å². The Kier molecular flexibility index (Phi) is 3.54. The molecule has 2 unspecified atom stereocenters. The van der Waals surface area contributed by atoms with Crippen LogP contribution in [-0.2, 0) is 12.6 Å². The van der Waals surface area contributed by atoms with Crippen molar-refractivity contribution in [2.45, 2.75) is 38.1 Å². The van der Waals surface area contributed by atoms with Crippen molar-refractivity contribution < 1.29 is 18.3 Å². The molecular weight excluding hydrogens is 235 g/mol. The van der Waals surface area contributed by atoms with Gasteiger partial charge in [-0.2, -0.15) is 13.2 Å². The standard InChI is InChI=1S/C10H16F3N3O/c1-4-7(14)9(17,10(11,12)13)8-5-15-6(2)16(8)3/h5,7,17H,4,14H2,1-3H3. The average molecular weight is 251 g/mol. The first kappa shape index (κ1) is 14.0. The maximum atomic E-state index is 13.0. The van der Waals surface area contributed by atoms with E-state index < -0.39 is 17.8 Å². The van der Waals surface area contributed by atoms with E-state index in [1.54, 1.807) is 6.92 Å². The van der Waals surface area contributed by atoms with E-state index in [2.05, 4.69) is 4.98 Å². The molecule has 0 spiro atoms. The summed E-state index contributed by atoms with van der Waals surface area (Å²) in [6.07, 6.45) is -3.83. The number of halogens is 3. The molecule has 1 aromatic rings. The fraction of sp³-hybridized carbons (Fsp3) is 0.700. The molecular formula is C10H16F3N3O. The topological polar surface area (TPSA) is 64.1 Å². The number of imidazole rings is 1. The Morgan fingerprint density at radius 1 is 1.53 bits per heavy atom. The molecule has 1 heterocycles. The van der Waals surface area contributed by atoms with Crippen LogP contribution in [0, 0.1) is 6.92 Å². The molecule has 0 aromatic carbocycles. The zero-order valence-corrected chi connectivity index (χ0v) is 9.91. The second-order valence-corrected chi connectivity index (χ2v) is 4.03. The van der Waals surface area contributed by atoms with Gasteiger partial charge in [0.05, 0.1) is 11.9 Å². The molecule has 0 bridgehead atoms. The molecule has 0 aliphatic heterocycles. The SMILES string of the molecule is CCC(N)C(O)(c1cnc(C)n1C)C(F)(F)F. The van der Waals surface area contributed by atoms with Crippen LogP contribution < -0.4 is 5.73 Å². The summed E-state index contributed by atoms with van der Waals surface area (Å²) in [5.41, 5.74) is 2.03. The van der Waals surface area contributed by atoms with Crippen LogP contribution in [-0.4, -0.2) is 26.9 Å². The minimum Gasteiger partial charge on any atom is -0.374 e. The second kappa shape index (κ2) is 4.30. The first-order chi connectivity index (χ1) is 7.66. The molecule has 0 fully saturated rings. The van der Waals surface area contributed by atoms with Crippen LogP contribution in [0.15, 0.2) is 6.20 Å². The molecule has 3 N–H and O–H groups in total. The second-order valence-electron chi connectivity index (χ2n) is 4.03. The van der Waals surface area contributed by atoms with Gasteiger partial charge in [-0.15, -0.1) is 0 Å². The van der Waals surface area contributed by atoms with E-state index in [0.717, 1.165) is 6.20 Å². The van der Waals surface area contributed by atoms with Crippen LogP contribution in [0.25, 0.3) is 0 Å². The average Bonchev–Trinajstić information content (AvgIpc) is 2.56. The molecule has 0 aliphatic rings. The van der Waals surface area contributed by atoms with Crippen LogP contribution >= 0.6 is 0 Å². The van der Waals surface area contributed by atoms with Gasteiger partial charge in [0.2, 0.25) is 5.60 Å². The van der Waals surface area contributed by atoms with Gasteiger partial charge >= 0.3 is 6.18 Å². The summed E-state index contributed by atoms with van der Waals surface area (Å²) in [5, 5.41) is 9.97. The van der Waals surface area contributed by atoms with Gasteiger partial charge in [0.15, 0.2) is 0 Å². The minimum absolute atomic E-state index is 0.000236. The third kappa shape index (κ3) is 2.04. The monoisotopic (exact) mass is 251 g/mol. The van der Waals surface area contributed by atoms with Crippen molar-refractivity contribution in [3.63, 3.8) is 0 Å². The van der Waals surface area contributed by atoms with E-state index in [0.29, 0.717) is 5.82 Å². The Morgan fingerprint density at radius 3 is 2.35 bits per heavy atom. The lowest BCUT2D eigenvalue weighted by Crippen LogP contribution is -2.56. The van der Waals surface area contributed by atoms with Crippen LogP contribution in [0.1, 0.15) is 24.9 Å². The highest BCUT2D eigenvalue weighted by Crippen LogP contribution is 2.41. The van der Waals surface area contributed by atoms with Crippen LogP contribution in [0.5, 0.6) is 0 Å². The van der Waals surface area contributed by atoms with Gasteiger partial charge in [-0.3, -0.25) is 0 Å². The molecule has 4 nitrogen and oxygen atoms in total. The Balaban J connectivity index is 3.40. The summed E-state index contributed by atoms with van der Waals surface area (Å²) in [6, 6.07) is -1.43. The number of aliphatic hydroxyl groups is 1. The highest BCUT2D eigenvalue weighted by atomic mass is 19.4. The molecule has 1 aromatic heterocycles. The summed E-state index contributed by atoms with van der Waals surface area (Å²) in [6.45, 7) is 3.04. The molecule has 0 amide bonds. The molecule has 0 saturated carbocycles. The number of nitrogens with zero attached hydrogens (tertiary/aromatic N) is 2. The van der Waals surface area contributed by atoms with Crippen LogP contribution in [0.4, 0.5) is 13.2 Å². The smallest absolute Gasteiger partial charge is 0.374 e. The van der Waals surface area contributed by atoms with Gasteiger partial charge in [0.25, 0.3) is 0 Å². The van der Waals surface area contributed by atoms with Gasteiger partial charge in [0.1, 0.15) is 5.82 Å². The lowest BCUT2D eigenvalue weighted by molar-refractivity contribution is -0.277. The van der Waals surface area contributed by atoms with Crippen LogP contribution in [0.2, 0.25) is 0 Å². The van der Waals surface area contributed by atoms with Crippen molar-refractivity contribution in [2.75, 3.05) is 0 Å². The van der Waals surface area contributed by atoms with E-state index in [1.807, 2.05) is 0 Å². The number of hydrogen-bond donors (Lipinski definition) is 2. The van der Waals surface area contributed by atoms with Gasteiger partial charge in [-0.1, -0.05) is 6.92 Å². The third-order valence-corrected chi connectivity index (χ3v) is 3.02. The van der Waals surface area contributed by atoms with Crippen molar-refractivity contribution in [3.05, 3.63) is 17.7 Å². The molecule has 0 saturated heterocycles. The highest BCUT2D eigenvalue weighted by molar-refractivity contribution is 5.19. The highest BCUT2D eigenvalue weighted by Gasteiger charge is 2.59. The van der Waals surface area contributed by atoms with Crippen molar-refractivity contribution in [1.29, 1.82) is 0 Å². The Bertz CT molecular complexity index is 402. The Labute approximate surface area is 97.3 Å². The summed E-state index contributed by atoms with van der Waals surface area (Å²) >= 11 is 0. The quantitative estimate of drug-likeness (QED) is 0.848. The summed E-state index contributed by atoms with van der Waals surface area (Å²) in [7, 11) is 1.41. The fourth-order valence-electron chi connectivity index (χ4n) is 1.70. The van der Waals surface area contributed by atoms with Crippen molar-refractivity contribution in [2.24, 2.45) is 12.8 Å². The predicted octanol–water partition coefficient (Wildman–Crippen LogP) is 1.22. The number of alkyl halides is 3. The largest absolute Gasteiger partial charge is 0.424 e. The fourth-order valence-corrected chi connectivity index (χ4v) is 1.70. The first-order valence-corrected chi connectivity index (χ1v) is 5.19. The number of aromatic nitrogens is 2. The maximum absolute atomic E-state index is 13.0. The number of nitrogens with two attached hydrogens (primary N) is 1. The van der Waals surface area contributed by atoms with Crippen molar-refractivity contribution >= 4 is 0 Å². The van der Waals surface area contributed by atoms with E-state index in [4.69, 9.17) is 5.73 Å². The third-order valence-electron chi connectivity index (χ3n) is 3.02. The minimum atomic E-state index is -4.84. The normalized spacial score (nSPS) is 17.9. The lowest BCUT2D eigenvalue weighted by Gasteiger charge is -2.35. The van der Waals surface area contributed by atoms with Crippen LogP contribution in [0.3, 0.4) is 0 Å². The Hall–Kier alpha value is -1.08. The number of hydrogen-bond acceptors (Lipinski definition) is 3. The molecule has 0 aliphatic carbocycles. The zero-order chi connectivity index (χ0) is 13.4. The molecule has 17 heavy (non-hydrogen) atoms. The summed E-state index contributed by atoms with van der Waals surface area (Å²) < 4.78 is 40.3. The predicted molar refractivity (Wildman–Crippen MR) is 56.2 cm³/mol. The summed E-state index contributed by atoms with van der Waals surface area (Å²) in [5.74, 6) is 0.381. The number of rotatable bonds is 3. The van der Waals surface area contributed by atoms with E-state index in [-0.39, 0.29) is 12.1 Å². The maximum Gasteiger partial charge on any atom is 0.424 e. The van der Waals surface area contributed by atoms with E-state index in [9.17, 15) is 18.3 Å². The summed E-state index contributed by atoms with van der Waals surface area (Å²) in [4.78, 5) is 3.76.